The minimum Gasteiger partial charge on any atom is -0.361 e. The number of phosphoric acid groups is 1. The number of nitrogens with two attached hydrogens (primary N) is 1. The largest absolute Gasteiger partial charge is 0.592 e. The van der Waals surface area contributed by atoms with Crippen LogP contribution in [-0.4, -0.2) is 25.1 Å². The Balaban J connectivity index is 4.07. The van der Waals surface area contributed by atoms with Crippen LogP contribution in [-0.2, 0) is 27.7 Å². The molecule has 0 fully saturated rings. The molecule has 0 aliphatic heterocycles. The first kappa shape index (κ1) is 36.6. The van der Waals surface area contributed by atoms with E-state index in [0.717, 1.165) is 77.0 Å². The van der Waals surface area contributed by atoms with Gasteiger partial charge in [0.15, 0.2) is 0 Å². The molecule has 0 radical (unpaired) electrons. The monoisotopic (exact) mass is 557 g/mol. The van der Waals surface area contributed by atoms with Crippen molar-refractivity contribution < 1.29 is 27.7 Å². The standard InChI is InChI=1S/C30H56NO6P/c1-3-5-7-9-11-13-15-17-19-21-23-25-29(32)36-38(34,35-28-27-31)37-30(33)26-24-22-20-18-16-14-12-10-8-6-4-2/h9-12H,3-8,13-28,31H2,1-2H3/b11-9-,12-10-. The fourth-order valence-electron chi connectivity index (χ4n) is 3.82. The summed E-state index contributed by atoms with van der Waals surface area (Å²) in [5.74, 6) is -1.36. The van der Waals surface area contributed by atoms with Gasteiger partial charge in [-0.1, -0.05) is 102 Å². The minimum absolute atomic E-state index is 0.0701. The Hall–Kier alpha value is -1.43. The number of unbranched alkanes of at least 4 members (excludes halogenated alkanes) is 14. The van der Waals surface area contributed by atoms with Crippen molar-refractivity contribution in [3.8, 4) is 0 Å². The second-order valence-electron chi connectivity index (χ2n) is 9.84. The van der Waals surface area contributed by atoms with Gasteiger partial charge in [0.1, 0.15) is 0 Å². The molecule has 0 amide bonds. The average molecular weight is 558 g/mol. The molecule has 222 valence electrons. The predicted molar refractivity (Wildman–Crippen MR) is 157 cm³/mol. The van der Waals surface area contributed by atoms with Crippen molar-refractivity contribution in [2.45, 2.75) is 142 Å². The van der Waals surface area contributed by atoms with Crippen molar-refractivity contribution in [1.82, 2.24) is 0 Å². The molecule has 0 heterocycles. The van der Waals surface area contributed by atoms with Gasteiger partial charge in [0.25, 0.3) is 0 Å². The smallest absolute Gasteiger partial charge is 0.361 e. The van der Waals surface area contributed by atoms with Crippen LogP contribution in [0.1, 0.15) is 142 Å². The number of phosphoric ester groups is 1. The molecule has 7 nitrogen and oxygen atoms in total. The van der Waals surface area contributed by atoms with Gasteiger partial charge in [-0.25, -0.2) is 4.57 Å². The van der Waals surface area contributed by atoms with Gasteiger partial charge in [-0.05, 0) is 51.4 Å². The Labute approximate surface area is 232 Å². The lowest BCUT2D eigenvalue weighted by atomic mass is 10.1. The fraction of sp³-hybridized carbons (Fsp3) is 0.800. The van der Waals surface area contributed by atoms with Crippen LogP contribution in [0.3, 0.4) is 0 Å². The maximum absolute atomic E-state index is 12.8. The lowest BCUT2D eigenvalue weighted by Gasteiger charge is -2.16. The lowest BCUT2D eigenvalue weighted by Crippen LogP contribution is -2.14. The van der Waals surface area contributed by atoms with E-state index in [2.05, 4.69) is 38.2 Å². The van der Waals surface area contributed by atoms with Gasteiger partial charge in [-0.3, -0.25) is 14.1 Å². The highest BCUT2D eigenvalue weighted by molar-refractivity contribution is 7.49. The van der Waals surface area contributed by atoms with Gasteiger partial charge in [0.2, 0.25) is 0 Å². The van der Waals surface area contributed by atoms with Crippen molar-refractivity contribution >= 4 is 19.8 Å². The van der Waals surface area contributed by atoms with Crippen LogP contribution in [0.15, 0.2) is 24.3 Å². The summed E-state index contributed by atoms with van der Waals surface area (Å²) in [5.41, 5.74) is 5.42. The summed E-state index contributed by atoms with van der Waals surface area (Å²) < 4.78 is 27.9. The van der Waals surface area contributed by atoms with Gasteiger partial charge in [-0.2, -0.15) is 0 Å². The highest BCUT2D eigenvalue weighted by atomic mass is 31.2. The van der Waals surface area contributed by atoms with Crippen LogP contribution < -0.4 is 5.73 Å². The fourth-order valence-corrected chi connectivity index (χ4v) is 4.97. The molecular formula is C30H56NO6P. The third-order valence-electron chi connectivity index (χ3n) is 6.08. The molecule has 0 saturated heterocycles. The van der Waals surface area contributed by atoms with Crippen molar-refractivity contribution in [2.24, 2.45) is 5.73 Å². The zero-order chi connectivity index (χ0) is 28.2. The summed E-state index contributed by atoms with van der Waals surface area (Å²) in [6.07, 6.45) is 28.3. The maximum atomic E-state index is 12.8. The summed E-state index contributed by atoms with van der Waals surface area (Å²) in [4.78, 5) is 24.4. The van der Waals surface area contributed by atoms with E-state index in [9.17, 15) is 14.2 Å². The van der Waals surface area contributed by atoms with Crippen molar-refractivity contribution in [3.05, 3.63) is 24.3 Å². The first-order chi connectivity index (χ1) is 18.5. The molecule has 0 rings (SSSR count). The van der Waals surface area contributed by atoms with Crippen LogP contribution in [0.25, 0.3) is 0 Å². The molecule has 8 heteroatoms. The van der Waals surface area contributed by atoms with Gasteiger partial charge in [0.05, 0.1) is 6.61 Å². The number of rotatable bonds is 27. The molecule has 0 aliphatic rings. The number of carbonyl (C=O) groups is 2. The Morgan fingerprint density at radius 2 is 0.974 bits per heavy atom. The molecule has 0 aliphatic carbocycles. The summed E-state index contributed by atoms with van der Waals surface area (Å²) in [6, 6.07) is 0. The van der Waals surface area contributed by atoms with Crippen LogP contribution >= 0.6 is 7.82 Å². The molecule has 2 N–H and O–H groups in total. The van der Waals surface area contributed by atoms with E-state index in [4.69, 9.17) is 19.3 Å². The van der Waals surface area contributed by atoms with Gasteiger partial charge >= 0.3 is 19.8 Å². The lowest BCUT2D eigenvalue weighted by molar-refractivity contribution is -0.141. The summed E-state index contributed by atoms with van der Waals surface area (Å²) in [6.45, 7) is 4.33. The molecule has 0 aromatic rings. The minimum atomic E-state index is -4.31. The van der Waals surface area contributed by atoms with E-state index in [0.29, 0.717) is 12.8 Å². The quantitative estimate of drug-likeness (QED) is 0.0610. The Morgan fingerprint density at radius 1 is 0.605 bits per heavy atom. The first-order valence-corrected chi connectivity index (χ1v) is 16.6. The molecule has 0 unspecified atom stereocenters. The van der Waals surface area contributed by atoms with E-state index in [-0.39, 0.29) is 26.0 Å². The van der Waals surface area contributed by atoms with E-state index >= 15 is 0 Å². The van der Waals surface area contributed by atoms with Crippen LogP contribution in [0.4, 0.5) is 0 Å². The summed E-state index contributed by atoms with van der Waals surface area (Å²) >= 11 is 0. The molecule has 0 aromatic heterocycles. The van der Waals surface area contributed by atoms with E-state index < -0.39 is 19.8 Å². The van der Waals surface area contributed by atoms with Crippen LogP contribution in [0.2, 0.25) is 0 Å². The van der Waals surface area contributed by atoms with Gasteiger partial charge < -0.3 is 14.8 Å². The highest BCUT2D eigenvalue weighted by Gasteiger charge is 2.34. The molecule has 0 bridgehead atoms. The third-order valence-corrected chi connectivity index (χ3v) is 7.43. The van der Waals surface area contributed by atoms with E-state index in [1.54, 1.807) is 0 Å². The summed E-state index contributed by atoms with van der Waals surface area (Å²) in [5, 5.41) is 0. The number of hydrogen-bond donors (Lipinski definition) is 1. The highest BCUT2D eigenvalue weighted by Crippen LogP contribution is 2.50. The Bertz CT molecular complexity index is 630. The molecule has 0 spiro atoms. The van der Waals surface area contributed by atoms with Crippen LogP contribution in [0.5, 0.6) is 0 Å². The van der Waals surface area contributed by atoms with E-state index in [1.807, 2.05) is 0 Å². The zero-order valence-corrected chi connectivity index (χ0v) is 25.2. The number of allylic oxidation sites excluding steroid dienone is 4. The zero-order valence-electron chi connectivity index (χ0n) is 24.3. The Morgan fingerprint density at radius 3 is 1.37 bits per heavy atom. The maximum Gasteiger partial charge on any atom is 0.592 e. The number of hydrogen-bond acceptors (Lipinski definition) is 7. The molecule has 0 atom stereocenters. The summed E-state index contributed by atoms with van der Waals surface area (Å²) in [7, 11) is -4.31. The van der Waals surface area contributed by atoms with Crippen molar-refractivity contribution in [3.63, 3.8) is 0 Å². The molecular weight excluding hydrogens is 501 g/mol. The van der Waals surface area contributed by atoms with Crippen molar-refractivity contribution in [1.29, 1.82) is 0 Å². The van der Waals surface area contributed by atoms with Crippen LogP contribution in [0, 0.1) is 0 Å². The second kappa shape index (κ2) is 27.1. The predicted octanol–water partition coefficient (Wildman–Crippen LogP) is 9.11. The third kappa shape index (κ3) is 24.9. The normalized spacial score (nSPS) is 12.0. The van der Waals surface area contributed by atoms with Gasteiger partial charge in [-0.15, -0.1) is 0 Å². The molecule has 38 heavy (non-hydrogen) atoms. The van der Waals surface area contributed by atoms with Crippen molar-refractivity contribution in [2.75, 3.05) is 13.2 Å². The Kier molecular flexibility index (Phi) is 26.1. The number of carbonyl (C=O) groups excluding carboxylic acids is 2. The van der Waals surface area contributed by atoms with E-state index in [1.165, 1.54) is 25.7 Å². The van der Waals surface area contributed by atoms with Gasteiger partial charge in [0, 0.05) is 19.4 Å². The molecule has 0 saturated carbocycles. The first-order valence-electron chi connectivity index (χ1n) is 15.2. The topological polar surface area (TPSA) is 105 Å². The second-order valence-corrected chi connectivity index (χ2v) is 11.4. The molecule has 0 aromatic carbocycles. The average Bonchev–Trinajstić information content (AvgIpc) is 2.89. The SMILES string of the molecule is CCCC/C=C\CCCCCCCC(=O)OP(=O)(OCCN)OC(=O)CCCCCCC/C=C\CCCC.